The number of carbonyl (C=O) groups is 1. The number of anilines is 3. The van der Waals surface area contributed by atoms with Gasteiger partial charge in [-0.25, -0.2) is 9.37 Å². The Labute approximate surface area is 150 Å². The lowest BCUT2D eigenvalue weighted by molar-refractivity contribution is -0.115. The minimum absolute atomic E-state index is 0.129. The van der Waals surface area contributed by atoms with Gasteiger partial charge in [0.15, 0.2) is 5.13 Å². The fourth-order valence-electron chi connectivity index (χ4n) is 2.01. The number of hydrogen-bond acceptors (Lipinski definition) is 4. The van der Waals surface area contributed by atoms with Crippen LogP contribution in [-0.4, -0.2) is 10.9 Å². The van der Waals surface area contributed by atoms with E-state index in [2.05, 4.69) is 31.5 Å². The molecule has 0 aliphatic carbocycles. The number of aromatic nitrogens is 1. The zero-order valence-corrected chi connectivity index (χ0v) is 14.8. The molecule has 2 N–H and O–H groups in total. The van der Waals surface area contributed by atoms with Gasteiger partial charge < -0.3 is 10.6 Å². The first-order chi connectivity index (χ1) is 11.6. The van der Waals surface area contributed by atoms with Crippen LogP contribution in [0.3, 0.4) is 0 Å². The largest absolute Gasteiger partial charge is 0.332 e. The van der Waals surface area contributed by atoms with Gasteiger partial charge in [-0.15, -0.1) is 11.3 Å². The van der Waals surface area contributed by atoms with Crippen molar-refractivity contribution in [3.05, 3.63) is 69.9 Å². The monoisotopic (exact) mass is 405 g/mol. The molecule has 0 atom stereocenters. The summed E-state index contributed by atoms with van der Waals surface area (Å²) in [6, 6.07) is 13.4. The molecule has 0 unspecified atom stereocenters. The van der Waals surface area contributed by atoms with E-state index in [1.165, 1.54) is 23.5 Å². The molecule has 7 heteroatoms. The highest BCUT2D eigenvalue weighted by atomic mass is 79.9. The highest BCUT2D eigenvalue weighted by Crippen LogP contribution is 2.21. The van der Waals surface area contributed by atoms with E-state index in [1.807, 2.05) is 29.6 Å². The predicted molar refractivity (Wildman–Crippen MR) is 98.3 cm³/mol. The summed E-state index contributed by atoms with van der Waals surface area (Å²) in [5, 5.41) is 8.40. The second-order valence-electron chi connectivity index (χ2n) is 5.01. The van der Waals surface area contributed by atoms with E-state index in [1.54, 1.807) is 12.1 Å². The van der Waals surface area contributed by atoms with Gasteiger partial charge in [0, 0.05) is 21.2 Å². The molecule has 0 fully saturated rings. The van der Waals surface area contributed by atoms with Crippen LogP contribution >= 0.6 is 27.3 Å². The van der Waals surface area contributed by atoms with Gasteiger partial charge >= 0.3 is 0 Å². The smallest absolute Gasteiger partial charge is 0.230 e. The van der Waals surface area contributed by atoms with E-state index in [9.17, 15) is 9.18 Å². The summed E-state index contributed by atoms with van der Waals surface area (Å²) in [6.45, 7) is 0. The maximum Gasteiger partial charge on any atom is 0.230 e. The van der Waals surface area contributed by atoms with Crippen molar-refractivity contribution in [2.45, 2.75) is 6.42 Å². The van der Waals surface area contributed by atoms with Crippen molar-refractivity contribution < 1.29 is 9.18 Å². The molecule has 1 amide bonds. The number of amides is 1. The minimum atomic E-state index is -0.287. The SMILES string of the molecule is O=C(Cc1csc(Nc2ccc(F)cc2)n1)Nc1ccc(Br)cc1. The van der Waals surface area contributed by atoms with Crippen LogP contribution < -0.4 is 10.6 Å². The summed E-state index contributed by atoms with van der Waals surface area (Å²) in [7, 11) is 0. The van der Waals surface area contributed by atoms with Crippen LogP contribution in [0.4, 0.5) is 20.9 Å². The lowest BCUT2D eigenvalue weighted by Crippen LogP contribution is -2.14. The average Bonchev–Trinajstić information content (AvgIpc) is 2.99. The predicted octanol–water partition coefficient (Wildman–Crippen LogP) is 4.97. The molecule has 2 aromatic carbocycles. The Hall–Kier alpha value is -2.25. The molecule has 1 aromatic heterocycles. The van der Waals surface area contributed by atoms with Crippen LogP contribution in [0, 0.1) is 5.82 Å². The van der Waals surface area contributed by atoms with Crippen LogP contribution in [0.2, 0.25) is 0 Å². The first-order valence-electron chi connectivity index (χ1n) is 7.11. The van der Waals surface area contributed by atoms with Crippen molar-refractivity contribution in [3.8, 4) is 0 Å². The van der Waals surface area contributed by atoms with Crippen LogP contribution in [0.15, 0.2) is 58.4 Å². The summed E-state index contributed by atoms with van der Waals surface area (Å²) in [4.78, 5) is 16.4. The number of nitrogens with zero attached hydrogens (tertiary/aromatic N) is 1. The highest BCUT2D eigenvalue weighted by Gasteiger charge is 2.08. The van der Waals surface area contributed by atoms with E-state index < -0.39 is 0 Å². The van der Waals surface area contributed by atoms with Crippen LogP contribution in [0.1, 0.15) is 5.69 Å². The molecule has 3 aromatic rings. The van der Waals surface area contributed by atoms with Crippen LogP contribution in [0.5, 0.6) is 0 Å². The van der Waals surface area contributed by atoms with Gasteiger partial charge in [-0.1, -0.05) is 15.9 Å². The van der Waals surface area contributed by atoms with Crippen LogP contribution in [0.25, 0.3) is 0 Å². The van der Waals surface area contributed by atoms with E-state index in [0.717, 1.165) is 15.8 Å². The Morgan fingerprint density at radius 2 is 1.75 bits per heavy atom. The Morgan fingerprint density at radius 1 is 1.08 bits per heavy atom. The van der Waals surface area contributed by atoms with E-state index in [-0.39, 0.29) is 18.1 Å². The number of benzene rings is 2. The second kappa shape index (κ2) is 7.55. The molecule has 0 bridgehead atoms. The first kappa shape index (κ1) is 16.6. The Morgan fingerprint density at radius 3 is 2.46 bits per heavy atom. The van der Waals surface area contributed by atoms with Crippen molar-refractivity contribution in [3.63, 3.8) is 0 Å². The average molecular weight is 406 g/mol. The molecule has 0 saturated heterocycles. The topological polar surface area (TPSA) is 54.0 Å². The first-order valence-corrected chi connectivity index (χ1v) is 8.78. The quantitative estimate of drug-likeness (QED) is 0.629. The lowest BCUT2D eigenvalue weighted by Gasteiger charge is -2.04. The summed E-state index contributed by atoms with van der Waals surface area (Å²) < 4.78 is 13.8. The number of carbonyl (C=O) groups excluding carboxylic acids is 1. The van der Waals surface area contributed by atoms with Gasteiger partial charge in [0.1, 0.15) is 5.82 Å². The van der Waals surface area contributed by atoms with Gasteiger partial charge in [-0.05, 0) is 48.5 Å². The number of halogens is 2. The van der Waals surface area contributed by atoms with E-state index in [0.29, 0.717) is 10.8 Å². The summed E-state index contributed by atoms with van der Waals surface area (Å²) in [5.74, 6) is -0.416. The molecule has 0 aliphatic heterocycles. The van der Waals surface area contributed by atoms with Crippen molar-refractivity contribution in [2.24, 2.45) is 0 Å². The number of thiazole rings is 1. The maximum atomic E-state index is 12.9. The third kappa shape index (κ3) is 4.62. The van der Waals surface area contributed by atoms with Crippen molar-refractivity contribution in [1.29, 1.82) is 0 Å². The maximum absolute atomic E-state index is 12.9. The molecule has 0 radical (unpaired) electrons. The lowest BCUT2D eigenvalue weighted by atomic mass is 10.3. The molecular weight excluding hydrogens is 393 g/mol. The highest BCUT2D eigenvalue weighted by molar-refractivity contribution is 9.10. The molecule has 0 spiro atoms. The normalized spacial score (nSPS) is 10.4. The van der Waals surface area contributed by atoms with E-state index in [4.69, 9.17) is 0 Å². The molecule has 122 valence electrons. The minimum Gasteiger partial charge on any atom is -0.332 e. The second-order valence-corrected chi connectivity index (χ2v) is 6.78. The fraction of sp³-hybridized carbons (Fsp3) is 0.0588. The van der Waals surface area contributed by atoms with Crippen molar-refractivity contribution in [2.75, 3.05) is 10.6 Å². The molecule has 3 rings (SSSR count). The van der Waals surface area contributed by atoms with Crippen molar-refractivity contribution >= 4 is 49.7 Å². The number of rotatable bonds is 5. The van der Waals surface area contributed by atoms with Crippen molar-refractivity contribution in [1.82, 2.24) is 4.98 Å². The molecule has 24 heavy (non-hydrogen) atoms. The third-order valence-electron chi connectivity index (χ3n) is 3.12. The van der Waals surface area contributed by atoms with E-state index >= 15 is 0 Å². The van der Waals surface area contributed by atoms with Gasteiger partial charge in [-0.2, -0.15) is 0 Å². The summed E-state index contributed by atoms with van der Waals surface area (Å²) in [5.41, 5.74) is 2.17. The standard InChI is InChI=1S/C17H13BrFN3OS/c18-11-1-5-13(6-2-11)20-16(23)9-15-10-24-17(22-15)21-14-7-3-12(19)4-8-14/h1-8,10H,9H2,(H,20,23)(H,21,22). The van der Waals surface area contributed by atoms with Gasteiger partial charge in [0.25, 0.3) is 0 Å². The van der Waals surface area contributed by atoms with Gasteiger partial charge in [0.05, 0.1) is 12.1 Å². The van der Waals surface area contributed by atoms with Gasteiger partial charge in [-0.3, -0.25) is 4.79 Å². The number of hydrogen-bond donors (Lipinski definition) is 2. The zero-order chi connectivity index (χ0) is 16.9. The fourth-order valence-corrected chi connectivity index (χ4v) is 3.00. The van der Waals surface area contributed by atoms with Crippen LogP contribution in [-0.2, 0) is 11.2 Å². The zero-order valence-electron chi connectivity index (χ0n) is 12.4. The Balaban J connectivity index is 1.58. The molecular formula is C17H13BrFN3OS. The third-order valence-corrected chi connectivity index (χ3v) is 4.45. The summed E-state index contributed by atoms with van der Waals surface area (Å²) in [6.07, 6.45) is 0.192. The molecule has 0 aliphatic rings. The Bertz CT molecular complexity index is 834. The summed E-state index contributed by atoms with van der Waals surface area (Å²) >= 11 is 4.75. The molecule has 4 nitrogen and oxygen atoms in total. The number of nitrogens with one attached hydrogen (secondary N) is 2. The molecule has 0 saturated carbocycles. The Kier molecular flexibility index (Phi) is 5.22. The molecule has 1 heterocycles. The van der Waals surface area contributed by atoms with Gasteiger partial charge in [0.2, 0.25) is 5.91 Å².